The maximum atomic E-state index is 13.9. The lowest BCUT2D eigenvalue weighted by atomic mass is 10.1. The molecule has 0 aliphatic carbocycles. The summed E-state index contributed by atoms with van der Waals surface area (Å²) in [6.07, 6.45) is 2.28. The van der Waals surface area contributed by atoms with Crippen LogP contribution in [0.2, 0.25) is 0 Å². The predicted octanol–water partition coefficient (Wildman–Crippen LogP) is 4.68. The van der Waals surface area contributed by atoms with E-state index in [1.165, 1.54) is 6.33 Å². The third kappa shape index (κ3) is 4.10. The number of rotatable bonds is 6. The van der Waals surface area contributed by atoms with Crippen LogP contribution < -0.4 is 14.4 Å². The Morgan fingerprint density at radius 3 is 2.69 bits per heavy atom. The normalized spacial score (nSPS) is 12.6. The highest BCUT2D eigenvalue weighted by atomic mass is 79.9. The zero-order valence-electron chi connectivity index (χ0n) is 15.9. The number of ether oxygens (including phenoxy) is 3. The lowest BCUT2D eigenvalue weighted by Crippen LogP contribution is -2.15. The first-order valence-electron chi connectivity index (χ1n) is 8.82. The van der Waals surface area contributed by atoms with Crippen LogP contribution in [0, 0.1) is 5.82 Å². The van der Waals surface area contributed by atoms with E-state index in [9.17, 15) is 4.39 Å². The average Bonchev–Trinajstić information content (AvgIpc) is 3.09. The third-order valence-electron chi connectivity index (χ3n) is 4.72. The highest BCUT2D eigenvalue weighted by Crippen LogP contribution is 2.41. The molecule has 9 heteroatoms. The molecule has 154 valence electrons. The second-order valence-electron chi connectivity index (χ2n) is 6.36. The summed E-state index contributed by atoms with van der Waals surface area (Å²) in [6.45, 7) is 1.60. The molecular weight excluding hydrogens is 465 g/mol. The number of anilines is 2. The predicted molar refractivity (Wildman–Crippen MR) is 116 cm³/mol. The molecule has 4 rings (SSSR count). The fourth-order valence-corrected chi connectivity index (χ4v) is 3.71. The lowest BCUT2D eigenvalue weighted by molar-refractivity contribution is 0.144. The molecule has 0 unspecified atom stereocenters. The number of aromatic nitrogens is 2. The minimum Gasteiger partial charge on any atom is -0.493 e. The average molecular weight is 485 g/mol. The zero-order chi connectivity index (χ0) is 19.7. The number of fused-ring (bicyclic) bond motifs is 2. The molecule has 0 saturated heterocycles. The number of hydrogen-bond acceptors (Lipinski definition) is 6. The highest BCUT2D eigenvalue weighted by molar-refractivity contribution is 9.10. The number of halogens is 3. The van der Waals surface area contributed by atoms with Gasteiger partial charge in [0.05, 0.1) is 23.7 Å². The smallest absolute Gasteiger partial charge is 0.163 e. The third-order valence-corrected chi connectivity index (χ3v) is 5.33. The van der Waals surface area contributed by atoms with Gasteiger partial charge in [0.25, 0.3) is 0 Å². The molecule has 1 aliphatic heterocycles. The Bertz CT molecular complexity index is 1040. The Labute approximate surface area is 182 Å². The number of benzene rings is 2. The van der Waals surface area contributed by atoms with E-state index in [-0.39, 0.29) is 18.2 Å². The SMILES string of the molecule is COCCOc1cc2ncnc(N3CCc4cc(F)c(Br)cc43)c2cc1OC.Cl. The molecule has 2 heterocycles. The quantitative estimate of drug-likeness (QED) is 0.474. The van der Waals surface area contributed by atoms with Crippen molar-refractivity contribution in [3.63, 3.8) is 0 Å². The van der Waals surface area contributed by atoms with Crippen LogP contribution in [0.3, 0.4) is 0 Å². The maximum absolute atomic E-state index is 13.9. The minimum atomic E-state index is -0.257. The summed E-state index contributed by atoms with van der Waals surface area (Å²) in [4.78, 5) is 11.0. The van der Waals surface area contributed by atoms with Crippen LogP contribution in [0.25, 0.3) is 10.9 Å². The van der Waals surface area contributed by atoms with Gasteiger partial charge in [-0.15, -0.1) is 12.4 Å². The van der Waals surface area contributed by atoms with Crippen molar-refractivity contribution in [2.75, 3.05) is 38.9 Å². The summed E-state index contributed by atoms with van der Waals surface area (Å²) in [7, 11) is 3.22. The molecule has 0 atom stereocenters. The van der Waals surface area contributed by atoms with Crippen molar-refractivity contribution in [1.29, 1.82) is 0 Å². The van der Waals surface area contributed by atoms with E-state index in [2.05, 4.69) is 30.8 Å². The van der Waals surface area contributed by atoms with Gasteiger partial charge in [0.1, 0.15) is 24.6 Å². The Morgan fingerprint density at radius 1 is 1.10 bits per heavy atom. The zero-order valence-corrected chi connectivity index (χ0v) is 18.3. The summed E-state index contributed by atoms with van der Waals surface area (Å²) < 4.78 is 30.6. The Kier molecular flexibility index (Phi) is 6.77. The number of hydrogen-bond donors (Lipinski definition) is 0. The Hall–Kier alpha value is -2.16. The van der Waals surface area contributed by atoms with Gasteiger partial charge in [0.15, 0.2) is 11.5 Å². The van der Waals surface area contributed by atoms with Crippen molar-refractivity contribution in [2.24, 2.45) is 0 Å². The number of nitrogens with zero attached hydrogens (tertiary/aromatic N) is 3. The van der Waals surface area contributed by atoms with Gasteiger partial charge in [-0.3, -0.25) is 0 Å². The summed E-state index contributed by atoms with van der Waals surface area (Å²) in [6, 6.07) is 7.09. The van der Waals surface area contributed by atoms with E-state index in [1.807, 2.05) is 12.1 Å². The largest absolute Gasteiger partial charge is 0.493 e. The fraction of sp³-hybridized carbons (Fsp3) is 0.300. The van der Waals surface area contributed by atoms with Crippen LogP contribution in [0.4, 0.5) is 15.9 Å². The van der Waals surface area contributed by atoms with Crippen molar-refractivity contribution in [3.8, 4) is 11.5 Å². The van der Waals surface area contributed by atoms with Gasteiger partial charge in [-0.05, 0) is 46.1 Å². The summed E-state index contributed by atoms with van der Waals surface area (Å²) in [5.41, 5.74) is 2.64. The van der Waals surface area contributed by atoms with E-state index in [4.69, 9.17) is 14.2 Å². The standard InChI is InChI=1S/C20H19BrFN3O3.ClH/c1-26-5-6-28-19-10-16-13(8-18(19)27-2)20(24-11-23-16)25-4-3-12-7-15(22)14(21)9-17(12)25;/h7-11H,3-6H2,1-2H3;1H. The molecule has 0 fully saturated rings. The van der Waals surface area contributed by atoms with Gasteiger partial charge in [-0.2, -0.15) is 0 Å². The molecule has 1 aromatic heterocycles. The fourth-order valence-electron chi connectivity index (χ4n) is 3.37. The maximum Gasteiger partial charge on any atom is 0.163 e. The topological polar surface area (TPSA) is 56.7 Å². The molecule has 29 heavy (non-hydrogen) atoms. The number of methoxy groups -OCH3 is 2. The summed E-state index contributed by atoms with van der Waals surface area (Å²) in [5, 5.41) is 0.840. The van der Waals surface area contributed by atoms with Crippen molar-refractivity contribution in [3.05, 3.63) is 46.4 Å². The molecule has 0 spiro atoms. The van der Waals surface area contributed by atoms with E-state index in [0.29, 0.717) is 35.7 Å². The van der Waals surface area contributed by atoms with Crippen molar-refractivity contribution < 1.29 is 18.6 Å². The first-order chi connectivity index (χ1) is 13.6. The minimum absolute atomic E-state index is 0. The Balaban J connectivity index is 0.00000240. The van der Waals surface area contributed by atoms with Gasteiger partial charge in [-0.1, -0.05) is 0 Å². The molecular formula is C20H20BrClFN3O3. The molecule has 1 aliphatic rings. The molecule has 3 aromatic rings. The van der Waals surface area contributed by atoms with Crippen LogP contribution in [0.1, 0.15) is 5.56 Å². The highest BCUT2D eigenvalue weighted by Gasteiger charge is 2.25. The summed E-state index contributed by atoms with van der Waals surface area (Å²) >= 11 is 3.28. The van der Waals surface area contributed by atoms with Crippen molar-refractivity contribution in [1.82, 2.24) is 9.97 Å². The molecule has 0 amide bonds. The van der Waals surface area contributed by atoms with E-state index in [1.54, 1.807) is 26.4 Å². The molecule has 2 aromatic carbocycles. The van der Waals surface area contributed by atoms with E-state index >= 15 is 0 Å². The second-order valence-corrected chi connectivity index (χ2v) is 7.21. The van der Waals surface area contributed by atoms with Crippen molar-refractivity contribution in [2.45, 2.75) is 6.42 Å². The first-order valence-corrected chi connectivity index (χ1v) is 9.61. The van der Waals surface area contributed by atoms with Crippen LogP contribution >= 0.6 is 28.3 Å². The molecule has 0 bridgehead atoms. The second kappa shape index (κ2) is 9.11. The molecule has 0 radical (unpaired) electrons. The van der Waals surface area contributed by atoms with Gasteiger partial charge in [0.2, 0.25) is 0 Å². The van der Waals surface area contributed by atoms with Gasteiger partial charge in [0, 0.05) is 30.8 Å². The lowest BCUT2D eigenvalue weighted by Gasteiger charge is -2.21. The van der Waals surface area contributed by atoms with Crippen LogP contribution in [-0.4, -0.2) is 43.9 Å². The molecule has 6 nitrogen and oxygen atoms in total. The van der Waals surface area contributed by atoms with Gasteiger partial charge in [-0.25, -0.2) is 14.4 Å². The van der Waals surface area contributed by atoms with Crippen molar-refractivity contribution >= 4 is 50.7 Å². The van der Waals surface area contributed by atoms with E-state index in [0.717, 1.165) is 34.4 Å². The Morgan fingerprint density at radius 2 is 1.93 bits per heavy atom. The van der Waals surface area contributed by atoms with Crippen LogP contribution in [-0.2, 0) is 11.2 Å². The molecule has 0 N–H and O–H groups in total. The molecule has 0 saturated carbocycles. The van der Waals surface area contributed by atoms with Gasteiger partial charge < -0.3 is 19.1 Å². The monoisotopic (exact) mass is 483 g/mol. The van der Waals surface area contributed by atoms with E-state index < -0.39 is 0 Å². The summed E-state index contributed by atoms with van der Waals surface area (Å²) in [5.74, 6) is 1.69. The van der Waals surface area contributed by atoms with Crippen LogP contribution in [0.15, 0.2) is 35.1 Å². The van der Waals surface area contributed by atoms with Gasteiger partial charge >= 0.3 is 0 Å². The van der Waals surface area contributed by atoms with Crippen LogP contribution in [0.5, 0.6) is 11.5 Å². The first kappa shape index (κ1) is 21.5.